The van der Waals surface area contributed by atoms with Gasteiger partial charge in [-0.15, -0.1) is 0 Å². The third-order valence-corrected chi connectivity index (χ3v) is 3.87. The summed E-state index contributed by atoms with van der Waals surface area (Å²) >= 11 is 0. The van der Waals surface area contributed by atoms with Gasteiger partial charge < -0.3 is 9.84 Å². The first-order valence-electron chi connectivity index (χ1n) is 7.22. The molecule has 1 N–H and O–H groups in total. The quantitative estimate of drug-likeness (QED) is 0.848. The molecule has 0 bridgehead atoms. The molecule has 1 saturated heterocycles. The molecule has 2 heterocycles. The average molecular weight is 288 g/mol. The lowest BCUT2D eigenvalue weighted by Gasteiger charge is -2.33. The van der Waals surface area contributed by atoms with Gasteiger partial charge in [0.05, 0.1) is 12.6 Å². The Morgan fingerprint density at radius 1 is 1.33 bits per heavy atom. The summed E-state index contributed by atoms with van der Waals surface area (Å²) in [5, 5.41) is 9.29. The van der Waals surface area contributed by atoms with Crippen LogP contribution in [0.2, 0.25) is 0 Å². The van der Waals surface area contributed by atoms with E-state index in [2.05, 4.69) is 27.6 Å². The maximum absolute atomic E-state index is 5.84. The molecule has 0 saturated carbocycles. The van der Waals surface area contributed by atoms with E-state index in [1.807, 2.05) is 30.3 Å². The van der Waals surface area contributed by atoms with Crippen LogP contribution in [-0.4, -0.2) is 34.8 Å². The Morgan fingerprint density at radius 3 is 2.86 bits per heavy atom. The minimum Gasteiger partial charge on any atom is -0.343 e. The van der Waals surface area contributed by atoms with E-state index in [1.54, 1.807) is 0 Å². The van der Waals surface area contributed by atoms with E-state index < -0.39 is 0 Å². The van der Waals surface area contributed by atoms with E-state index >= 15 is 0 Å². The second-order valence-corrected chi connectivity index (χ2v) is 5.29. The molecule has 0 unspecified atom stereocenters. The van der Waals surface area contributed by atoms with Crippen molar-refractivity contribution in [3.8, 4) is 0 Å². The van der Waals surface area contributed by atoms with Crippen molar-refractivity contribution in [2.75, 3.05) is 13.6 Å². The molecule has 2 aromatic rings. The van der Waals surface area contributed by atoms with Gasteiger partial charge in [-0.05, 0) is 18.4 Å². The second kappa shape index (κ2) is 6.80. The van der Waals surface area contributed by atoms with Crippen molar-refractivity contribution in [3.63, 3.8) is 0 Å². The molecule has 1 aliphatic rings. The van der Waals surface area contributed by atoms with E-state index in [0.29, 0.717) is 12.6 Å². The summed E-state index contributed by atoms with van der Waals surface area (Å²) in [4.78, 5) is 9.94. The second-order valence-electron chi connectivity index (χ2n) is 5.29. The van der Waals surface area contributed by atoms with E-state index in [4.69, 9.17) is 9.36 Å². The van der Waals surface area contributed by atoms with Gasteiger partial charge in [0.25, 0.3) is 0 Å². The maximum Gasteiger partial charge on any atom is 0.213 e. The molecule has 21 heavy (non-hydrogen) atoms. The lowest BCUT2D eigenvalue weighted by atomic mass is 10.0. The van der Waals surface area contributed by atoms with Crippen LogP contribution < -0.4 is 5.32 Å². The van der Waals surface area contributed by atoms with Crippen LogP contribution in [0.4, 0.5) is 0 Å². The number of nitrogens with one attached hydrogen (secondary N) is 1. The lowest BCUT2D eigenvalue weighted by Crippen LogP contribution is -2.45. The molecule has 1 fully saturated rings. The van der Waals surface area contributed by atoms with Crippen LogP contribution in [0.15, 0.2) is 41.2 Å². The van der Waals surface area contributed by atoms with Gasteiger partial charge in [0, 0.05) is 19.6 Å². The van der Waals surface area contributed by atoms with Crippen molar-refractivity contribution in [2.45, 2.75) is 31.5 Å². The largest absolute Gasteiger partial charge is 0.343 e. The van der Waals surface area contributed by atoms with E-state index in [0.717, 1.165) is 25.2 Å². The standard InChI is InChI=1S/C15H20N4O2/c1-19(21-10-12-5-3-2-4-6-12)13-7-8-14(16-9-13)15-17-11-20-18-15/h2-6,11,13-14,16H,7-10H2,1H3/t13-,14+/m1/s1. The van der Waals surface area contributed by atoms with Crippen molar-refractivity contribution in [3.05, 3.63) is 48.1 Å². The van der Waals surface area contributed by atoms with Crippen molar-refractivity contribution in [1.29, 1.82) is 0 Å². The fraction of sp³-hybridized carbons (Fsp3) is 0.467. The predicted molar refractivity (Wildman–Crippen MR) is 77.1 cm³/mol. The Balaban J connectivity index is 1.45. The number of rotatable bonds is 5. The summed E-state index contributed by atoms with van der Waals surface area (Å²) in [5.41, 5.74) is 1.18. The van der Waals surface area contributed by atoms with Gasteiger partial charge in [0.1, 0.15) is 0 Å². The number of aromatic nitrogens is 2. The zero-order valence-electron chi connectivity index (χ0n) is 12.1. The zero-order valence-corrected chi connectivity index (χ0v) is 12.1. The van der Waals surface area contributed by atoms with E-state index in [9.17, 15) is 0 Å². The number of hydrogen-bond donors (Lipinski definition) is 1. The summed E-state index contributed by atoms with van der Waals surface area (Å²) in [6.45, 7) is 1.45. The highest BCUT2D eigenvalue weighted by Crippen LogP contribution is 2.22. The Labute approximate surface area is 124 Å². The van der Waals surface area contributed by atoms with Crippen LogP contribution in [0, 0.1) is 0 Å². The SMILES string of the molecule is CN(OCc1ccccc1)[C@@H]1CC[C@@H](c2ncon2)NC1. The lowest BCUT2D eigenvalue weighted by molar-refractivity contribution is -0.182. The number of benzene rings is 1. The molecule has 2 atom stereocenters. The minimum absolute atomic E-state index is 0.183. The van der Waals surface area contributed by atoms with E-state index in [1.165, 1.54) is 12.0 Å². The van der Waals surface area contributed by atoms with Crippen LogP contribution >= 0.6 is 0 Å². The van der Waals surface area contributed by atoms with Crippen molar-refractivity contribution in [2.24, 2.45) is 0 Å². The summed E-state index contributed by atoms with van der Waals surface area (Å²) < 4.78 is 4.79. The van der Waals surface area contributed by atoms with Crippen LogP contribution in [0.25, 0.3) is 0 Å². The van der Waals surface area contributed by atoms with Crippen molar-refractivity contribution < 1.29 is 9.36 Å². The molecule has 6 nitrogen and oxygen atoms in total. The predicted octanol–water partition coefficient (Wildman–Crippen LogP) is 1.93. The topological polar surface area (TPSA) is 63.4 Å². The normalized spacial score (nSPS) is 22.6. The van der Waals surface area contributed by atoms with Gasteiger partial charge in [-0.1, -0.05) is 35.5 Å². The summed E-state index contributed by atoms with van der Waals surface area (Å²) in [7, 11) is 1.99. The Kier molecular flexibility index (Phi) is 4.59. The third-order valence-electron chi connectivity index (χ3n) is 3.87. The first kappa shape index (κ1) is 14.2. The highest BCUT2D eigenvalue weighted by atomic mass is 16.7. The molecule has 1 aromatic carbocycles. The van der Waals surface area contributed by atoms with E-state index in [-0.39, 0.29) is 6.04 Å². The number of likely N-dealkylation sites (N-methyl/N-ethyl adjacent to an activating group) is 1. The number of piperidine rings is 1. The Hall–Kier alpha value is -1.76. The molecular formula is C15H20N4O2. The third kappa shape index (κ3) is 3.66. The van der Waals surface area contributed by atoms with Crippen LogP contribution in [0.3, 0.4) is 0 Å². The molecule has 112 valence electrons. The molecular weight excluding hydrogens is 268 g/mol. The fourth-order valence-electron chi connectivity index (χ4n) is 2.56. The molecule has 6 heteroatoms. The van der Waals surface area contributed by atoms with Gasteiger partial charge in [0.2, 0.25) is 6.39 Å². The molecule has 3 rings (SSSR count). The molecule has 0 amide bonds. The number of hydroxylamine groups is 2. The Bertz CT molecular complexity index is 524. The highest BCUT2D eigenvalue weighted by Gasteiger charge is 2.27. The number of nitrogens with zero attached hydrogens (tertiary/aromatic N) is 3. The summed E-state index contributed by atoms with van der Waals surface area (Å²) in [6.07, 6.45) is 3.39. The van der Waals surface area contributed by atoms with Gasteiger partial charge in [-0.3, -0.25) is 4.84 Å². The van der Waals surface area contributed by atoms with Crippen LogP contribution in [-0.2, 0) is 11.4 Å². The number of hydrogen-bond acceptors (Lipinski definition) is 6. The monoisotopic (exact) mass is 288 g/mol. The van der Waals surface area contributed by atoms with Crippen molar-refractivity contribution in [1.82, 2.24) is 20.5 Å². The molecule has 1 aliphatic heterocycles. The van der Waals surface area contributed by atoms with Crippen molar-refractivity contribution >= 4 is 0 Å². The fourth-order valence-corrected chi connectivity index (χ4v) is 2.56. The first-order valence-corrected chi connectivity index (χ1v) is 7.22. The molecule has 1 aromatic heterocycles. The molecule has 0 aliphatic carbocycles. The van der Waals surface area contributed by atoms with Gasteiger partial charge >= 0.3 is 0 Å². The Morgan fingerprint density at radius 2 is 2.19 bits per heavy atom. The molecule has 0 radical (unpaired) electrons. The van der Waals surface area contributed by atoms with Gasteiger partial charge in [-0.2, -0.15) is 10.0 Å². The maximum atomic E-state index is 5.84. The van der Waals surface area contributed by atoms with Crippen LogP contribution in [0.1, 0.15) is 30.3 Å². The van der Waals surface area contributed by atoms with Gasteiger partial charge in [0.15, 0.2) is 5.82 Å². The highest BCUT2D eigenvalue weighted by molar-refractivity contribution is 5.13. The minimum atomic E-state index is 0.183. The first-order chi connectivity index (χ1) is 10.3. The summed E-state index contributed by atoms with van der Waals surface area (Å²) in [5.74, 6) is 0.737. The average Bonchev–Trinajstić information content (AvgIpc) is 3.08. The smallest absolute Gasteiger partial charge is 0.213 e. The zero-order chi connectivity index (χ0) is 14.5. The van der Waals surface area contributed by atoms with Gasteiger partial charge in [-0.25, -0.2) is 0 Å². The van der Waals surface area contributed by atoms with Crippen LogP contribution in [0.5, 0.6) is 0 Å². The molecule has 0 spiro atoms. The summed E-state index contributed by atoms with van der Waals surface area (Å²) in [6, 6.07) is 10.7.